The third-order valence-corrected chi connectivity index (χ3v) is 6.29. The summed E-state index contributed by atoms with van der Waals surface area (Å²) >= 11 is 1.53. The number of rotatable bonds is 5. The first-order valence-electron chi connectivity index (χ1n) is 9.85. The fourth-order valence-electron chi connectivity index (χ4n) is 3.71. The zero-order valence-corrected chi connectivity index (χ0v) is 16.9. The zero-order valence-electron chi connectivity index (χ0n) is 16.1. The van der Waals surface area contributed by atoms with Crippen LogP contribution in [0.5, 0.6) is 0 Å². The number of thiazole rings is 1. The van der Waals surface area contributed by atoms with E-state index in [4.69, 9.17) is 9.72 Å². The Morgan fingerprint density at radius 2 is 2.17 bits per heavy atom. The molecule has 2 aromatic carbocycles. The maximum Gasteiger partial charge on any atom is 0.260 e. The van der Waals surface area contributed by atoms with Crippen LogP contribution in [0.4, 0.5) is 5.13 Å². The number of ether oxygens (including phenoxy) is 1. The van der Waals surface area contributed by atoms with Crippen molar-refractivity contribution >= 4 is 43.6 Å². The van der Waals surface area contributed by atoms with E-state index in [1.54, 1.807) is 4.90 Å². The second-order valence-electron chi connectivity index (χ2n) is 7.12. The summed E-state index contributed by atoms with van der Waals surface area (Å²) in [6, 6.07) is 13.5. The van der Waals surface area contributed by atoms with Crippen LogP contribution < -0.4 is 4.90 Å². The topological polar surface area (TPSA) is 73.1 Å². The van der Waals surface area contributed by atoms with Gasteiger partial charge in [0.05, 0.1) is 28.4 Å². The largest absolute Gasteiger partial charge is 0.376 e. The Balaban J connectivity index is 1.53. The van der Waals surface area contributed by atoms with Gasteiger partial charge in [0, 0.05) is 18.7 Å². The van der Waals surface area contributed by atoms with E-state index < -0.39 is 0 Å². The number of benzene rings is 2. The number of anilines is 1. The molecular formula is C21H21N5O2S. The lowest BCUT2D eigenvalue weighted by Crippen LogP contribution is -2.37. The van der Waals surface area contributed by atoms with Crippen LogP contribution in [-0.4, -0.2) is 45.1 Å². The molecule has 1 saturated heterocycles. The van der Waals surface area contributed by atoms with Crippen LogP contribution >= 0.6 is 11.3 Å². The summed E-state index contributed by atoms with van der Waals surface area (Å²) in [6.45, 7) is 4.00. The summed E-state index contributed by atoms with van der Waals surface area (Å²) in [4.78, 5) is 20.0. The quantitative estimate of drug-likeness (QED) is 0.502. The Morgan fingerprint density at radius 3 is 2.97 bits per heavy atom. The van der Waals surface area contributed by atoms with Gasteiger partial charge in [0.2, 0.25) is 0 Å². The fourth-order valence-corrected chi connectivity index (χ4v) is 4.68. The molecule has 0 bridgehead atoms. The number of carbonyl (C=O) groups is 1. The first-order chi connectivity index (χ1) is 14.2. The number of para-hydroxylation sites is 1. The molecule has 0 spiro atoms. The average Bonchev–Trinajstić information content (AvgIpc) is 3.49. The standard InChI is InChI=1S/C21H21N5O2S/c1-2-26-18-10-9-14(12-17(18)23-24-26)20(27)25(13-15-6-5-11-28-15)21-22-16-7-3-4-8-19(16)29-21/h3-4,7-10,12,15H,2,5-6,11,13H2,1H3/t15-/m1/s1. The number of hydrogen-bond donors (Lipinski definition) is 0. The van der Waals surface area contributed by atoms with Crippen LogP contribution in [-0.2, 0) is 11.3 Å². The van der Waals surface area contributed by atoms with Crippen LogP contribution in [0.25, 0.3) is 21.3 Å². The van der Waals surface area contributed by atoms with E-state index in [1.807, 2.05) is 54.1 Å². The van der Waals surface area contributed by atoms with Gasteiger partial charge in [-0.2, -0.15) is 0 Å². The highest BCUT2D eigenvalue weighted by atomic mass is 32.1. The predicted octanol–water partition coefficient (Wildman–Crippen LogP) is 3.89. The van der Waals surface area contributed by atoms with Crippen molar-refractivity contribution in [3.63, 3.8) is 0 Å². The second-order valence-corrected chi connectivity index (χ2v) is 8.13. The molecule has 0 N–H and O–H groups in total. The number of amides is 1. The molecular weight excluding hydrogens is 386 g/mol. The van der Waals surface area contributed by atoms with E-state index in [-0.39, 0.29) is 12.0 Å². The third-order valence-electron chi connectivity index (χ3n) is 5.23. The van der Waals surface area contributed by atoms with Gasteiger partial charge < -0.3 is 4.74 Å². The van der Waals surface area contributed by atoms with Gasteiger partial charge in [-0.1, -0.05) is 28.7 Å². The zero-order chi connectivity index (χ0) is 19.8. The van der Waals surface area contributed by atoms with Gasteiger partial charge in [-0.3, -0.25) is 9.69 Å². The Morgan fingerprint density at radius 1 is 1.28 bits per heavy atom. The normalized spacial score (nSPS) is 16.7. The maximum absolute atomic E-state index is 13.5. The Kier molecular flexibility index (Phi) is 4.73. The lowest BCUT2D eigenvalue weighted by atomic mass is 10.1. The van der Waals surface area contributed by atoms with Crippen molar-refractivity contribution in [2.45, 2.75) is 32.4 Å². The minimum Gasteiger partial charge on any atom is -0.376 e. The lowest BCUT2D eigenvalue weighted by Gasteiger charge is -2.23. The van der Waals surface area contributed by atoms with Gasteiger partial charge >= 0.3 is 0 Å². The molecule has 4 aromatic rings. The van der Waals surface area contributed by atoms with Crippen LogP contribution in [0.15, 0.2) is 42.5 Å². The molecule has 148 valence electrons. The van der Waals surface area contributed by atoms with Gasteiger partial charge in [-0.05, 0) is 50.1 Å². The second kappa shape index (κ2) is 7.53. The summed E-state index contributed by atoms with van der Waals surface area (Å²) in [5.41, 5.74) is 3.13. The molecule has 7 nitrogen and oxygen atoms in total. The number of aryl methyl sites for hydroxylation is 1. The molecule has 8 heteroatoms. The smallest absolute Gasteiger partial charge is 0.260 e. The van der Waals surface area contributed by atoms with E-state index in [9.17, 15) is 4.79 Å². The number of fused-ring (bicyclic) bond motifs is 2. The summed E-state index contributed by atoms with van der Waals surface area (Å²) in [5.74, 6) is -0.0903. The minimum absolute atomic E-state index is 0.0376. The van der Waals surface area contributed by atoms with Crippen LogP contribution in [0.2, 0.25) is 0 Å². The molecule has 1 aliphatic rings. The molecule has 5 rings (SSSR count). The molecule has 0 unspecified atom stereocenters. The molecule has 3 heterocycles. The summed E-state index contributed by atoms with van der Waals surface area (Å²) < 4.78 is 8.70. The molecule has 2 aromatic heterocycles. The van der Waals surface area contributed by atoms with E-state index >= 15 is 0 Å². The summed E-state index contributed by atoms with van der Waals surface area (Å²) in [5, 5.41) is 9.05. The van der Waals surface area contributed by atoms with Gasteiger partial charge in [-0.25, -0.2) is 9.67 Å². The maximum atomic E-state index is 13.5. The van der Waals surface area contributed by atoms with Crippen molar-refractivity contribution in [3.05, 3.63) is 48.0 Å². The molecule has 0 radical (unpaired) electrons. The Hall–Kier alpha value is -2.84. The van der Waals surface area contributed by atoms with Crippen LogP contribution in [0.1, 0.15) is 30.1 Å². The van der Waals surface area contributed by atoms with Crippen LogP contribution in [0, 0.1) is 0 Å². The Labute approximate surface area is 171 Å². The molecule has 1 aliphatic heterocycles. The van der Waals surface area contributed by atoms with Crippen molar-refractivity contribution in [1.82, 2.24) is 20.0 Å². The van der Waals surface area contributed by atoms with Crippen molar-refractivity contribution < 1.29 is 9.53 Å². The van der Waals surface area contributed by atoms with E-state index in [0.717, 1.165) is 47.2 Å². The summed E-state index contributed by atoms with van der Waals surface area (Å²) in [7, 11) is 0. The third kappa shape index (κ3) is 3.38. The number of hydrogen-bond acceptors (Lipinski definition) is 6. The number of nitrogens with zero attached hydrogens (tertiary/aromatic N) is 5. The minimum atomic E-state index is -0.0903. The van der Waals surface area contributed by atoms with Crippen molar-refractivity contribution in [2.24, 2.45) is 0 Å². The first-order valence-corrected chi connectivity index (χ1v) is 10.7. The Bertz CT molecular complexity index is 1150. The molecule has 1 atom stereocenters. The van der Waals surface area contributed by atoms with Gasteiger partial charge in [0.1, 0.15) is 5.52 Å². The molecule has 0 aliphatic carbocycles. The highest BCUT2D eigenvalue weighted by Crippen LogP contribution is 2.31. The fraction of sp³-hybridized carbons (Fsp3) is 0.333. The van der Waals surface area contributed by atoms with Gasteiger partial charge in [-0.15, -0.1) is 5.10 Å². The highest BCUT2D eigenvalue weighted by molar-refractivity contribution is 7.22. The van der Waals surface area contributed by atoms with E-state index in [2.05, 4.69) is 10.3 Å². The average molecular weight is 407 g/mol. The van der Waals surface area contributed by atoms with Crippen LogP contribution in [0.3, 0.4) is 0 Å². The first kappa shape index (κ1) is 18.2. The van der Waals surface area contributed by atoms with E-state index in [0.29, 0.717) is 17.2 Å². The molecule has 1 fully saturated rings. The number of carbonyl (C=O) groups excluding carboxylic acids is 1. The predicted molar refractivity (Wildman–Crippen MR) is 113 cm³/mol. The lowest BCUT2D eigenvalue weighted by molar-refractivity contribution is 0.0917. The molecule has 1 amide bonds. The van der Waals surface area contributed by atoms with E-state index in [1.165, 1.54) is 11.3 Å². The van der Waals surface area contributed by atoms with Crippen molar-refractivity contribution in [2.75, 3.05) is 18.1 Å². The SMILES string of the molecule is CCn1nnc2cc(C(=O)N(C[C@H]3CCCO3)c3nc4ccccc4s3)ccc21. The van der Waals surface area contributed by atoms with Gasteiger partial charge in [0.15, 0.2) is 5.13 Å². The monoisotopic (exact) mass is 407 g/mol. The van der Waals surface area contributed by atoms with Crippen molar-refractivity contribution in [3.8, 4) is 0 Å². The number of aromatic nitrogens is 4. The summed E-state index contributed by atoms with van der Waals surface area (Å²) in [6.07, 6.45) is 2.02. The highest BCUT2D eigenvalue weighted by Gasteiger charge is 2.27. The van der Waals surface area contributed by atoms with Gasteiger partial charge in [0.25, 0.3) is 5.91 Å². The molecule has 0 saturated carbocycles. The molecule has 29 heavy (non-hydrogen) atoms. The van der Waals surface area contributed by atoms with Crippen molar-refractivity contribution in [1.29, 1.82) is 0 Å².